The lowest BCUT2D eigenvalue weighted by Crippen LogP contribution is -1.98. The van der Waals surface area contributed by atoms with E-state index in [1.807, 2.05) is 0 Å². The highest BCUT2D eigenvalue weighted by atomic mass is 32.1. The van der Waals surface area contributed by atoms with Crippen LogP contribution in [0.15, 0.2) is 35.0 Å². The standard InChI is InChI=1S/C11H8FN3OS/c12-8-2-1-3-9-10(8)14-11(17)15(9)6-7-4-5-13-16-7/h1-5H,6H2,(H,14,17). The number of aromatic amines is 1. The zero-order chi connectivity index (χ0) is 11.8. The number of hydrogen-bond acceptors (Lipinski definition) is 3. The maximum absolute atomic E-state index is 13.5. The van der Waals surface area contributed by atoms with Crippen LogP contribution in [0.4, 0.5) is 4.39 Å². The second-order valence-corrected chi connectivity index (χ2v) is 4.02. The van der Waals surface area contributed by atoms with Crippen molar-refractivity contribution in [2.75, 3.05) is 0 Å². The molecule has 0 radical (unpaired) electrons. The highest BCUT2D eigenvalue weighted by molar-refractivity contribution is 7.71. The first kappa shape index (κ1) is 10.2. The molecule has 6 heteroatoms. The Kier molecular flexibility index (Phi) is 2.29. The Morgan fingerprint density at radius 3 is 3.06 bits per heavy atom. The Bertz CT molecular complexity index is 714. The van der Waals surface area contributed by atoms with Crippen molar-refractivity contribution in [3.63, 3.8) is 0 Å². The van der Waals surface area contributed by atoms with Crippen LogP contribution in [-0.4, -0.2) is 14.7 Å². The van der Waals surface area contributed by atoms with E-state index in [1.165, 1.54) is 6.07 Å². The minimum atomic E-state index is -0.315. The van der Waals surface area contributed by atoms with Gasteiger partial charge in [0.15, 0.2) is 10.5 Å². The molecule has 0 atom stereocenters. The number of hydrogen-bond donors (Lipinski definition) is 1. The van der Waals surface area contributed by atoms with Crippen LogP contribution in [0, 0.1) is 10.6 Å². The van der Waals surface area contributed by atoms with Gasteiger partial charge in [0.25, 0.3) is 0 Å². The van der Waals surface area contributed by atoms with E-state index in [0.717, 1.165) is 0 Å². The number of imidazole rings is 1. The summed E-state index contributed by atoms with van der Waals surface area (Å²) in [4.78, 5) is 2.85. The van der Waals surface area contributed by atoms with Crippen LogP contribution >= 0.6 is 12.2 Å². The molecule has 1 N–H and O–H groups in total. The molecule has 2 aromatic heterocycles. The van der Waals surface area contributed by atoms with Crippen molar-refractivity contribution >= 4 is 23.3 Å². The minimum Gasteiger partial charge on any atom is -0.359 e. The molecule has 0 bridgehead atoms. The van der Waals surface area contributed by atoms with Crippen molar-refractivity contribution in [2.24, 2.45) is 0 Å². The molecule has 1 aromatic carbocycles. The number of H-pyrrole nitrogens is 1. The van der Waals surface area contributed by atoms with Crippen LogP contribution in [0.3, 0.4) is 0 Å². The molecule has 0 aliphatic rings. The smallest absolute Gasteiger partial charge is 0.178 e. The van der Waals surface area contributed by atoms with Crippen molar-refractivity contribution in [3.8, 4) is 0 Å². The zero-order valence-corrected chi connectivity index (χ0v) is 9.50. The Morgan fingerprint density at radius 2 is 2.29 bits per heavy atom. The molecule has 0 aliphatic carbocycles. The maximum Gasteiger partial charge on any atom is 0.178 e. The zero-order valence-electron chi connectivity index (χ0n) is 8.68. The highest BCUT2D eigenvalue weighted by Gasteiger charge is 2.09. The molecular weight excluding hydrogens is 241 g/mol. The van der Waals surface area contributed by atoms with E-state index in [1.54, 1.807) is 29.0 Å². The molecule has 3 rings (SSSR count). The summed E-state index contributed by atoms with van der Waals surface area (Å²) in [5.74, 6) is 0.358. The van der Waals surface area contributed by atoms with Crippen LogP contribution in [0.5, 0.6) is 0 Å². The van der Waals surface area contributed by atoms with Gasteiger partial charge in [-0.1, -0.05) is 11.2 Å². The molecule has 0 amide bonds. The second-order valence-electron chi connectivity index (χ2n) is 3.63. The average Bonchev–Trinajstić information content (AvgIpc) is 2.91. The van der Waals surface area contributed by atoms with E-state index in [4.69, 9.17) is 16.7 Å². The Hall–Kier alpha value is -1.95. The van der Waals surface area contributed by atoms with E-state index >= 15 is 0 Å². The number of halogens is 1. The summed E-state index contributed by atoms with van der Waals surface area (Å²) >= 11 is 5.16. The molecule has 4 nitrogen and oxygen atoms in total. The van der Waals surface area contributed by atoms with Gasteiger partial charge < -0.3 is 14.1 Å². The minimum absolute atomic E-state index is 0.315. The molecule has 0 saturated heterocycles. The number of fused-ring (bicyclic) bond motifs is 1. The van der Waals surface area contributed by atoms with Crippen LogP contribution in [-0.2, 0) is 6.54 Å². The van der Waals surface area contributed by atoms with Gasteiger partial charge >= 0.3 is 0 Å². The summed E-state index contributed by atoms with van der Waals surface area (Å²) < 4.78 is 20.8. The van der Waals surface area contributed by atoms with Gasteiger partial charge in [-0.15, -0.1) is 0 Å². The lowest BCUT2D eigenvalue weighted by Gasteiger charge is -2.00. The maximum atomic E-state index is 13.5. The van der Waals surface area contributed by atoms with Crippen molar-refractivity contribution in [1.82, 2.24) is 14.7 Å². The van der Waals surface area contributed by atoms with Crippen LogP contribution in [0.25, 0.3) is 11.0 Å². The fraction of sp³-hybridized carbons (Fsp3) is 0.0909. The fourth-order valence-electron chi connectivity index (χ4n) is 1.78. The van der Waals surface area contributed by atoms with Crippen molar-refractivity contribution in [3.05, 3.63) is 46.8 Å². The third-order valence-corrected chi connectivity index (χ3v) is 2.89. The largest absolute Gasteiger partial charge is 0.359 e. The third-order valence-electron chi connectivity index (χ3n) is 2.56. The molecule has 2 heterocycles. The molecular formula is C11H8FN3OS. The van der Waals surface area contributed by atoms with Crippen molar-refractivity contribution in [1.29, 1.82) is 0 Å². The van der Waals surface area contributed by atoms with Gasteiger partial charge in [0.05, 0.1) is 18.3 Å². The SMILES string of the molecule is Fc1cccc2c1[nH]c(=S)n2Cc1ccno1. The highest BCUT2D eigenvalue weighted by Crippen LogP contribution is 2.18. The van der Waals surface area contributed by atoms with Crippen LogP contribution in [0.2, 0.25) is 0 Å². The summed E-state index contributed by atoms with van der Waals surface area (Å²) in [5, 5.41) is 3.62. The predicted octanol–water partition coefficient (Wildman–Crippen LogP) is 2.87. The first-order valence-corrected chi connectivity index (χ1v) is 5.43. The predicted molar refractivity (Wildman–Crippen MR) is 62.7 cm³/mol. The lowest BCUT2D eigenvalue weighted by atomic mass is 10.3. The lowest BCUT2D eigenvalue weighted by molar-refractivity contribution is 0.377. The summed E-state index contributed by atoms with van der Waals surface area (Å²) in [5.41, 5.74) is 1.13. The Morgan fingerprint density at radius 1 is 1.41 bits per heavy atom. The van der Waals surface area contributed by atoms with E-state index in [-0.39, 0.29) is 5.82 Å². The fourth-order valence-corrected chi connectivity index (χ4v) is 2.05. The van der Waals surface area contributed by atoms with E-state index in [2.05, 4.69) is 10.1 Å². The Labute approximate surface area is 101 Å². The first-order valence-electron chi connectivity index (χ1n) is 5.02. The summed E-state index contributed by atoms with van der Waals surface area (Å²) in [6.45, 7) is 0.433. The summed E-state index contributed by atoms with van der Waals surface area (Å²) in [7, 11) is 0. The van der Waals surface area contributed by atoms with Crippen molar-refractivity contribution in [2.45, 2.75) is 6.54 Å². The van der Waals surface area contributed by atoms with E-state index < -0.39 is 0 Å². The monoisotopic (exact) mass is 249 g/mol. The van der Waals surface area contributed by atoms with Gasteiger partial charge in [0, 0.05) is 6.07 Å². The van der Waals surface area contributed by atoms with E-state index in [9.17, 15) is 4.39 Å². The van der Waals surface area contributed by atoms with Crippen LogP contribution < -0.4 is 0 Å². The number of nitrogens with zero attached hydrogens (tertiary/aromatic N) is 2. The summed E-state index contributed by atoms with van der Waals surface area (Å²) in [6.07, 6.45) is 1.56. The molecule has 0 unspecified atom stereocenters. The van der Waals surface area contributed by atoms with Crippen molar-refractivity contribution < 1.29 is 8.91 Å². The first-order chi connectivity index (χ1) is 8.25. The van der Waals surface area contributed by atoms with Gasteiger partial charge in [-0.2, -0.15) is 0 Å². The number of para-hydroxylation sites is 1. The number of rotatable bonds is 2. The van der Waals surface area contributed by atoms with Gasteiger partial charge in [0.1, 0.15) is 11.3 Å². The third kappa shape index (κ3) is 1.66. The molecule has 0 fully saturated rings. The van der Waals surface area contributed by atoms with Gasteiger partial charge in [-0.05, 0) is 24.4 Å². The second kappa shape index (κ2) is 3.81. The van der Waals surface area contributed by atoms with Gasteiger partial charge in [-0.25, -0.2) is 4.39 Å². The number of aromatic nitrogens is 3. The Balaban J connectivity index is 2.19. The molecule has 0 aliphatic heterocycles. The summed E-state index contributed by atoms with van der Waals surface area (Å²) in [6, 6.07) is 6.60. The molecule has 86 valence electrons. The molecule has 0 saturated carbocycles. The van der Waals surface area contributed by atoms with Gasteiger partial charge in [0.2, 0.25) is 0 Å². The number of benzene rings is 1. The average molecular weight is 249 g/mol. The van der Waals surface area contributed by atoms with Gasteiger partial charge in [-0.3, -0.25) is 0 Å². The van der Waals surface area contributed by atoms with Crippen LogP contribution in [0.1, 0.15) is 5.76 Å². The molecule has 3 aromatic rings. The number of nitrogens with one attached hydrogen (secondary N) is 1. The molecule has 0 spiro atoms. The topological polar surface area (TPSA) is 46.8 Å². The normalized spacial score (nSPS) is 11.1. The quantitative estimate of drug-likeness (QED) is 0.710. The van der Waals surface area contributed by atoms with E-state index in [0.29, 0.717) is 28.1 Å². The molecule has 17 heavy (non-hydrogen) atoms.